The number of likely N-dealkylation sites (N-methyl/N-ethyl adjacent to an activating group) is 1. The van der Waals surface area contributed by atoms with Crippen molar-refractivity contribution in [3.8, 4) is 5.75 Å². The van der Waals surface area contributed by atoms with Crippen molar-refractivity contribution in [1.82, 2.24) is 9.80 Å². The number of amides is 1. The van der Waals surface area contributed by atoms with Gasteiger partial charge >= 0.3 is 11.9 Å². The van der Waals surface area contributed by atoms with Crippen LogP contribution in [0.1, 0.15) is 53.6 Å². The van der Waals surface area contributed by atoms with Gasteiger partial charge in [0, 0.05) is 56.2 Å². The minimum atomic E-state index is -2.74. The molecule has 49 heavy (non-hydrogen) atoms. The molecule has 3 aliphatic carbocycles. The van der Waals surface area contributed by atoms with E-state index in [-0.39, 0.29) is 61.1 Å². The number of ketones is 2. The Morgan fingerprint density at radius 3 is 2.04 bits per heavy atom. The predicted octanol–water partition coefficient (Wildman–Crippen LogP) is 0.895. The Hall–Kier alpha value is -4.47. The number of phenolic OH excluding ortho intramolecular Hbond substituents is 1. The van der Waals surface area contributed by atoms with E-state index in [2.05, 4.69) is 0 Å². The number of carbonyl (C=O) groups is 5. The van der Waals surface area contributed by atoms with Crippen molar-refractivity contribution in [2.45, 2.75) is 56.7 Å². The van der Waals surface area contributed by atoms with Crippen LogP contribution in [0.25, 0.3) is 0 Å². The summed E-state index contributed by atoms with van der Waals surface area (Å²) in [7, 11) is 9.31. The third-order valence-electron chi connectivity index (χ3n) is 9.82. The number of ether oxygens (including phenoxy) is 2. The minimum Gasteiger partial charge on any atom is -0.510 e. The number of nitrogens with zero attached hydrogens (tertiary/aromatic N) is 3. The lowest BCUT2D eigenvalue weighted by atomic mass is 9.58. The van der Waals surface area contributed by atoms with E-state index in [1.165, 1.54) is 19.1 Å². The van der Waals surface area contributed by atoms with Crippen LogP contribution in [0.3, 0.4) is 0 Å². The predicted molar refractivity (Wildman–Crippen MR) is 176 cm³/mol. The van der Waals surface area contributed by atoms with Crippen molar-refractivity contribution >= 4 is 35.1 Å². The second kappa shape index (κ2) is 14.6. The number of nitrogens with two attached hydrogens (primary N) is 1. The van der Waals surface area contributed by atoms with Crippen LogP contribution in [-0.4, -0.2) is 127 Å². The number of benzene rings is 1. The van der Waals surface area contributed by atoms with Crippen LogP contribution >= 0.6 is 0 Å². The van der Waals surface area contributed by atoms with Gasteiger partial charge in [-0.1, -0.05) is 0 Å². The third kappa shape index (κ3) is 6.74. The number of anilines is 1. The number of carbonyl (C=O) groups excluding carboxylic acids is 5. The number of hydrogen-bond acceptors (Lipinski definition) is 14. The minimum absolute atomic E-state index is 0.0185. The van der Waals surface area contributed by atoms with Crippen LogP contribution in [0.2, 0.25) is 0 Å². The summed E-state index contributed by atoms with van der Waals surface area (Å²) in [4.78, 5) is 69.0. The summed E-state index contributed by atoms with van der Waals surface area (Å²) in [5.41, 5.74) is 2.98. The number of allylic oxidation sites excluding steroid dienone is 1. The molecular formula is C34H46N4O11. The molecule has 0 radical (unpaired) electrons. The number of phenols is 1. The standard InChI is InChI=1S/C34H46N4O11/c1-36(2)21-15-18(16-38(11-7-9-22(39)48-5)12-8-10-23(40)49-6)28(41)25-19(21)13-17-14-20-27(37(3)4)30(43)26(33(35)46)32(45)34(20,47)31(44)24(17)29(25)42/h15,17,20,27,41,43-44,47H,7-14,16H2,1-6H3,(H2,35,46). The molecule has 0 fully saturated rings. The number of esters is 2. The molecule has 0 heterocycles. The molecule has 3 aliphatic rings. The van der Waals surface area contributed by atoms with Gasteiger partial charge in [-0.15, -0.1) is 0 Å². The number of primary amides is 1. The van der Waals surface area contributed by atoms with Crippen LogP contribution in [0.15, 0.2) is 28.7 Å². The number of rotatable bonds is 13. The van der Waals surface area contributed by atoms with Gasteiger partial charge in [-0.2, -0.15) is 0 Å². The first-order valence-corrected chi connectivity index (χ1v) is 16.1. The summed E-state index contributed by atoms with van der Waals surface area (Å²) in [6.45, 7) is 0.932. The highest BCUT2D eigenvalue weighted by Crippen LogP contribution is 2.53. The molecule has 0 saturated heterocycles. The maximum Gasteiger partial charge on any atom is 0.305 e. The molecule has 15 heteroatoms. The summed E-state index contributed by atoms with van der Waals surface area (Å²) in [6, 6.07) is 0.683. The molecule has 0 saturated carbocycles. The van der Waals surface area contributed by atoms with Crippen molar-refractivity contribution in [2.75, 3.05) is 60.4 Å². The zero-order chi connectivity index (χ0) is 36.5. The number of hydrogen-bond donors (Lipinski definition) is 5. The Labute approximate surface area is 284 Å². The van der Waals surface area contributed by atoms with Gasteiger partial charge in [0.2, 0.25) is 5.78 Å². The van der Waals surface area contributed by atoms with Crippen LogP contribution in [0.5, 0.6) is 5.75 Å². The van der Waals surface area contributed by atoms with Crippen molar-refractivity contribution in [3.63, 3.8) is 0 Å². The van der Waals surface area contributed by atoms with Gasteiger partial charge in [0.15, 0.2) is 11.4 Å². The zero-order valence-corrected chi connectivity index (χ0v) is 28.7. The number of aliphatic hydroxyl groups is 3. The summed E-state index contributed by atoms with van der Waals surface area (Å²) >= 11 is 0. The molecule has 268 valence electrons. The Bertz CT molecular complexity index is 1590. The van der Waals surface area contributed by atoms with Gasteiger partial charge in [-0.05, 0) is 70.4 Å². The number of methoxy groups -OCH3 is 2. The molecule has 1 amide bonds. The number of aromatic hydroxyl groups is 1. The maximum atomic E-state index is 14.4. The number of Topliss-reactive ketones (excluding diaryl/α,β-unsaturated/α-hetero) is 2. The fourth-order valence-electron chi connectivity index (χ4n) is 7.48. The smallest absolute Gasteiger partial charge is 0.305 e. The Morgan fingerprint density at radius 1 is 0.980 bits per heavy atom. The van der Waals surface area contributed by atoms with E-state index in [1.54, 1.807) is 39.2 Å². The van der Waals surface area contributed by atoms with Crippen LogP contribution in [-0.2, 0) is 41.6 Å². The molecule has 4 rings (SSSR count). The first kappa shape index (κ1) is 37.4. The number of fused-ring (bicyclic) bond motifs is 3. The lowest BCUT2D eigenvalue weighted by molar-refractivity contribution is -0.148. The van der Waals surface area contributed by atoms with Gasteiger partial charge in [0.1, 0.15) is 22.8 Å². The average Bonchev–Trinajstić information content (AvgIpc) is 3.02. The maximum absolute atomic E-state index is 14.4. The van der Waals surface area contributed by atoms with E-state index < -0.39 is 58.0 Å². The fourth-order valence-corrected chi connectivity index (χ4v) is 7.48. The largest absolute Gasteiger partial charge is 0.510 e. The number of aliphatic hydroxyl groups excluding tert-OH is 2. The molecular weight excluding hydrogens is 640 g/mol. The lowest BCUT2D eigenvalue weighted by Crippen LogP contribution is -2.63. The summed E-state index contributed by atoms with van der Waals surface area (Å²) in [5, 5.41) is 46.3. The topological polar surface area (TPSA) is 220 Å². The van der Waals surface area contributed by atoms with E-state index in [9.17, 15) is 44.4 Å². The van der Waals surface area contributed by atoms with E-state index in [1.807, 2.05) is 4.90 Å². The zero-order valence-electron chi connectivity index (χ0n) is 28.7. The Balaban J connectivity index is 1.80. The Kier molecular flexibility index (Phi) is 11.1. The van der Waals surface area contributed by atoms with Gasteiger partial charge in [0.25, 0.3) is 5.91 Å². The highest BCUT2D eigenvalue weighted by atomic mass is 16.5. The quantitative estimate of drug-likeness (QED) is 0.144. The van der Waals surface area contributed by atoms with Gasteiger partial charge in [-0.25, -0.2) is 0 Å². The van der Waals surface area contributed by atoms with E-state index in [4.69, 9.17) is 15.2 Å². The molecule has 0 aromatic heterocycles. The molecule has 15 nitrogen and oxygen atoms in total. The molecule has 1 aromatic rings. The van der Waals surface area contributed by atoms with E-state index >= 15 is 0 Å². The molecule has 4 atom stereocenters. The normalized spacial score (nSPS) is 23.3. The van der Waals surface area contributed by atoms with Gasteiger partial charge in [-0.3, -0.25) is 33.8 Å². The van der Waals surface area contributed by atoms with Crippen LogP contribution in [0, 0.1) is 11.8 Å². The van der Waals surface area contributed by atoms with Crippen molar-refractivity contribution in [2.24, 2.45) is 17.6 Å². The second-order valence-corrected chi connectivity index (χ2v) is 13.3. The summed E-state index contributed by atoms with van der Waals surface area (Å²) < 4.78 is 9.49. The highest BCUT2D eigenvalue weighted by molar-refractivity contribution is 6.25. The van der Waals surface area contributed by atoms with Gasteiger partial charge in [0.05, 0.1) is 25.8 Å². The first-order chi connectivity index (χ1) is 23.0. The molecule has 4 unspecified atom stereocenters. The second-order valence-electron chi connectivity index (χ2n) is 13.3. The van der Waals surface area contributed by atoms with E-state index in [0.717, 1.165) is 0 Å². The Morgan fingerprint density at radius 2 is 1.55 bits per heavy atom. The van der Waals surface area contributed by atoms with Gasteiger partial charge < -0.3 is 40.5 Å². The van der Waals surface area contributed by atoms with Crippen molar-refractivity contribution < 1.29 is 53.9 Å². The summed E-state index contributed by atoms with van der Waals surface area (Å²) in [6.07, 6.45) is 1.29. The molecule has 0 spiro atoms. The average molecular weight is 687 g/mol. The molecule has 6 N–H and O–H groups in total. The molecule has 0 aliphatic heterocycles. The van der Waals surface area contributed by atoms with Crippen molar-refractivity contribution in [3.05, 3.63) is 45.4 Å². The highest BCUT2D eigenvalue weighted by Gasteiger charge is 2.63. The fraction of sp³-hybridized carbons (Fsp3) is 0.559. The van der Waals surface area contributed by atoms with Crippen molar-refractivity contribution in [1.29, 1.82) is 0 Å². The molecule has 0 bridgehead atoms. The lowest BCUT2D eigenvalue weighted by Gasteiger charge is -2.50. The van der Waals surface area contributed by atoms with E-state index in [0.29, 0.717) is 42.7 Å². The third-order valence-corrected chi connectivity index (χ3v) is 9.82. The SMILES string of the molecule is COC(=O)CCCN(CCCC(=O)OC)Cc1cc(N(C)C)c2c(c1O)C(=O)C1=C(O)C3(O)C(=O)C(C(N)=O)=C(O)C(N(C)C)C3CC1C2. The first-order valence-electron chi connectivity index (χ1n) is 16.1. The molecule has 1 aromatic carbocycles. The summed E-state index contributed by atoms with van der Waals surface area (Å²) in [5.74, 6) is -7.88. The van der Waals surface area contributed by atoms with Crippen LogP contribution in [0.4, 0.5) is 5.69 Å². The monoisotopic (exact) mass is 686 g/mol. The van der Waals surface area contributed by atoms with Crippen LogP contribution < -0.4 is 10.6 Å².